The van der Waals surface area contributed by atoms with Crippen molar-refractivity contribution in [3.8, 4) is 0 Å². The SMILES string of the molecule is CCNc1ccc(C(=O)NC(C(=O)O)C(=O)O)cc1. The molecule has 1 rings (SSSR count). The van der Waals surface area contributed by atoms with Crippen LogP contribution in [0, 0.1) is 0 Å². The molecule has 0 fully saturated rings. The third kappa shape index (κ3) is 3.98. The summed E-state index contributed by atoms with van der Waals surface area (Å²) in [6.45, 7) is 2.65. The van der Waals surface area contributed by atoms with E-state index in [9.17, 15) is 14.4 Å². The van der Waals surface area contributed by atoms with Crippen molar-refractivity contribution in [3.63, 3.8) is 0 Å². The molecule has 1 aromatic rings. The molecule has 7 heteroatoms. The van der Waals surface area contributed by atoms with E-state index in [1.165, 1.54) is 12.1 Å². The number of hydrogen-bond donors (Lipinski definition) is 4. The van der Waals surface area contributed by atoms with Gasteiger partial charge in [0.05, 0.1) is 0 Å². The van der Waals surface area contributed by atoms with E-state index in [0.29, 0.717) is 0 Å². The Hall–Kier alpha value is -2.57. The van der Waals surface area contributed by atoms with Gasteiger partial charge in [0, 0.05) is 17.8 Å². The Morgan fingerprint density at radius 2 is 1.63 bits per heavy atom. The van der Waals surface area contributed by atoms with Gasteiger partial charge in [-0.1, -0.05) is 0 Å². The second-order valence-corrected chi connectivity index (χ2v) is 3.69. The summed E-state index contributed by atoms with van der Waals surface area (Å²) in [4.78, 5) is 33.0. The molecule has 0 aliphatic carbocycles. The summed E-state index contributed by atoms with van der Waals surface area (Å²) >= 11 is 0. The first-order valence-electron chi connectivity index (χ1n) is 5.56. The minimum absolute atomic E-state index is 0.189. The van der Waals surface area contributed by atoms with Crippen molar-refractivity contribution >= 4 is 23.5 Å². The fourth-order valence-corrected chi connectivity index (χ4v) is 1.39. The molecule has 0 aromatic heterocycles. The van der Waals surface area contributed by atoms with Gasteiger partial charge >= 0.3 is 11.9 Å². The van der Waals surface area contributed by atoms with Crippen LogP contribution in [-0.4, -0.2) is 40.6 Å². The minimum atomic E-state index is -1.96. The number of carbonyl (C=O) groups excluding carboxylic acids is 1. The number of nitrogens with one attached hydrogen (secondary N) is 2. The number of amides is 1. The van der Waals surface area contributed by atoms with E-state index < -0.39 is 23.9 Å². The second kappa shape index (κ2) is 6.39. The molecule has 0 saturated carbocycles. The Kier molecular flexibility index (Phi) is 4.87. The van der Waals surface area contributed by atoms with Crippen LogP contribution >= 0.6 is 0 Å². The highest BCUT2D eigenvalue weighted by Crippen LogP contribution is 2.09. The van der Waals surface area contributed by atoms with E-state index in [4.69, 9.17) is 10.2 Å². The third-order valence-electron chi connectivity index (χ3n) is 2.30. The van der Waals surface area contributed by atoms with Gasteiger partial charge in [0.15, 0.2) is 0 Å². The highest BCUT2D eigenvalue weighted by molar-refractivity contribution is 6.04. The van der Waals surface area contributed by atoms with Crippen LogP contribution in [0.1, 0.15) is 17.3 Å². The molecule has 19 heavy (non-hydrogen) atoms. The molecule has 1 aromatic carbocycles. The van der Waals surface area contributed by atoms with Gasteiger partial charge in [0.25, 0.3) is 5.91 Å². The monoisotopic (exact) mass is 266 g/mol. The maximum absolute atomic E-state index is 11.7. The van der Waals surface area contributed by atoms with E-state index in [1.54, 1.807) is 12.1 Å². The third-order valence-corrected chi connectivity index (χ3v) is 2.30. The van der Waals surface area contributed by atoms with Gasteiger partial charge in [-0.05, 0) is 31.2 Å². The standard InChI is InChI=1S/C12H14N2O5/c1-2-13-8-5-3-7(4-6-8)10(15)14-9(11(16)17)12(18)19/h3-6,9,13H,2H2,1H3,(H,14,15)(H,16,17)(H,18,19). The van der Waals surface area contributed by atoms with Crippen LogP contribution in [0.5, 0.6) is 0 Å². The Bertz CT molecular complexity index is 469. The highest BCUT2D eigenvalue weighted by atomic mass is 16.4. The first-order chi connectivity index (χ1) is 8.95. The average Bonchev–Trinajstić information content (AvgIpc) is 2.36. The molecular weight excluding hydrogens is 252 g/mol. The fraction of sp³-hybridized carbons (Fsp3) is 0.250. The summed E-state index contributed by atoms with van der Waals surface area (Å²) in [6.07, 6.45) is 0. The van der Waals surface area contributed by atoms with Gasteiger partial charge in [0.2, 0.25) is 6.04 Å². The Labute approximate surface area is 109 Å². The van der Waals surface area contributed by atoms with Gasteiger partial charge in [-0.25, -0.2) is 9.59 Å². The first-order valence-corrected chi connectivity index (χ1v) is 5.56. The van der Waals surface area contributed by atoms with Crippen molar-refractivity contribution in [2.24, 2.45) is 0 Å². The molecule has 7 nitrogen and oxygen atoms in total. The summed E-state index contributed by atoms with van der Waals surface area (Å²) < 4.78 is 0. The van der Waals surface area contributed by atoms with Crippen LogP contribution in [0.4, 0.5) is 5.69 Å². The van der Waals surface area contributed by atoms with Crippen molar-refractivity contribution in [2.45, 2.75) is 13.0 Å². The Morgan fingerprint density at radius 3 is 2.05 bits per heavy atom. The lowest BCUT2D eigenvalue weighted by Gasteiger charge is -2.10. The van der Waals surface area contributed by atoms with Gasteiger partial charge in [-0.3, -0.25) is 4.79 Å². The summed E-state index contributed by atoms with van der Waals surface area (Å²) in [5.41, 5.74) is 1.00. The van der Waals surface area contributed by atoms with Gasteiger partial charge in [-0.2, -0.15) is 0 Å². The zero-order chi connectivity index (χ0) is 14.4. The zero-order valence-electron chi connectivity index (χ0n) is 10.2. The molecule has 0 bridgehead atoms. The molecule has 0 spiro atoms. The molecule has 0 aliphatic rings. The van der Waals surface area contributed by atoms with Gasteiger partial charge < -0.3 is 20.8 Å². The topological polar surface area (TPSA) is 116 Å². The van der Waals surface area contributed by atoms with Gasteiger partial charge in [-0.15, -0.1) is 0 Å². The van der Waals surface area contributed by atoms with E-state index in [2.05, 4.69) is 5.32 Å². The number of carboxylic acid groups (broad SMARTS) is 2. The maximum Gasteiger partial charge on any atom is 0.338 e. The summed E-state index contributed by atoms with van der Waals surface area (Å²) in [6, 6.07) is 4.30. The van der Waals surface area contributed by atoms with Crippen molar-refractivity contribution in [1.29, 1.82) is 0 Å². The number of carboxylic acids is 2. The lowest BCUT2D eigenvalue weighted by atomic mass is 10.1. The molecule has 0 heterocycles. The predicted octanol–water partition coefficient (Wildman–Crippen LogP) is 0.386. The summed E-state index contributed by atoms with van der Waals surface area (Å²) in [5.74, 6) is -3.99. The molecule has 4 N–H and O–H groups in total. The van der Waals surface area contributed by atoms with Crippen molar-refractivity contribution < 1.29 is 24.6 Å². The number of anilines is 1. The summed E-state index contributed by atoms with van der Waals surface area (Å²) in [7, 11) is 0. The molecule has 0 unspecified atom stereocenters. The van der Waals surface area contributed by atoms with Crippen molar-refractivity contribution in [1.82, 2.24) is 5.32 Å². The molecule has 1 amide bonds. The molecule has 0 aliphatic heterocycles. The zero-order valence-corrected chi connectivity index (χ0v) is 10.2. The van der Waals surface area contributed by atoms with Crippen LogP contribution in [0.3, 0.4) is 0 Å². The minimum Gasteiger partial charge on any atom is -0.479 e. The van der Waals surface area contributed by atoms with Crippen molar-refractivity contribution in [2.75, 3.05) is 11.9 Å². The van der Waals surface area contributed by atoms with E-state index in [0.717, 1.165) is 12.2 Å². The number of aliphatic carboxylic acids is 2. The quantitative estimate of drug-likeness (QED) is 0.553. The number of carbonyl (C=O) groups is 3. The van der Waals surface area contributed by atoms with Crippen LogP contribution in [0.2, 0.25) is 0 Å². The van der Waals surface area contributed by atoms with Crippen molar-refractivity contribution in [3.05, 3.63) is 29.8 Å². The van der Waals surface area contributed by atoms with Crippen LogP contribution in [0.25, 0.3) is 0 Å². The smallest absolute Gasteiger partial charge is 0.338 e. The highest BCUT2D eigenvalue weighted by Gasteiger charge is 2.27. The van der Waals surface area contributed by atoms with Crippen LogP contribution in [0.15, 0.2) is 24.3 Å². The number of hydrogen-bond acceptors (Lipinski definition) is 4. The second-order valence-electron chi connectivity index (χ2n) is 3.69. The Morgan fingerprint density at radius 1 is 1.11 bits per heavy atom. The van der Waals surface area contributed by atoms with Crippen LogP contribution in [-0.2, 0) is 9.59 Å². The number of benzene rings is 1. The summed E-state index contributed by atoms with van der Waals surface area (Å²) in [5, 5.41) is 22.3. The fourth-order valence-electron chi connectivity index (χ4n) is 1.39. The van der Waals surface area contributed by atoms with Crippen LogP contribution < -0.4 is 10.6 Å². The molecular formula is C12H14N2O5. The largest absolute Gasteiger partial charge is 0.479 e. The van der Waals surface area contributed by atoms with E-state index in [1.807, 2.05) is 12.2 Å². The van der Waals surface area contributed by atoms with E-state index >= 15 is 0 Å². The average molecular weight is 266 g/mol. The Balaban J connectivity index is 2.77. The van der Waals surface area contributed by atoms with Gasteiger partial charge in [0.1, 0.15) is 0 Å². The predicted molar refractivity (Wildman–Crippen MR) is 67.1 cm³/mol. The maximum atomic E-state index is 11.7. The lowest BCUT2D eigenvalue weighted by Crippen LogP contribution is -2.46. The normalized spacial score (nSPS) is 10.0. The molecule has 0 saturated heterocycles. The number of rotatable bonds is 6. The molecule has 0 atom stereocenters. The first kappa shape index (κ1) is 14.5. The molecule has 0 radical (unpaired) electrons. The molecule has 102 valence electrons. The lowest BCUT2D eigenvalue weighted by molar-refractivity contribution is -0.150. The van der Waals surface area contributed by atoms with E-state index in [-0.39, 0.29) is 5.56 Å².